The summed E-state index contributed by atoms with van der Waals surface area (Å²) in [6, 6.07) is 15.3. The number of hydrogen-bond donors (Lipinski definition) is 0. The third kappa shape index (κ3) is 3.65. The van der Waals surface area contributed by atoms with Crippen LogP contribution in [0.3, 0.4) is 0 Å². The number of Topliss-reactive ketones (excluding diaryl/α,β-unsaturated/α-hetero) is 1. The van der Waals surface area contributed by atoms with Gasteiger partial charge in [-0.15, -0.1) is 11.3 Å². The number of nitrogens with zero attached hydrogens (tertiary/aromatic N) is 2. The van der Waals surface area contributed by atoms with Gasteiger partial charge >= 0.3 is 0 Å². The Hall–Kier alpha value is -3.25. The van der Waals surface area contributed by atoms with Crippen molar-refractivity contribution in [3.05, 3.63) is 81.2 Å². The van der Waals surface area contributed by atoms with Crippen LogP contribution in [0.1, 0.15) is 43.9 Å². The number of aliphatic imine (C=N–C) groups is 1. The molecule has 0 spiro atoms. The molecule has 0 fully saturated rings. The Kier molecular flexibility index (Phi) is 5.39. The zero-order chi connectivity index (χ0) is 22.2. The number of fused-ring (bicyclic) bond motifs is 3. The molecular formula is C26H24N2O3S. The van der Waals surface area contributed by atoms with Crippen LogP contribution in [0.25, 0.3) is 0 Å². The predicted octanol–water partition coefficient (Wildman–Crippen LogP) is 4.62. The molecule has 162 valence electrons. The fourth-order valence-corrected chi connectivity index (χ4v) is 5.77. The van der Waals surface area contributed by atoms with E-state index in [-0.39, 0.29) is 24.8 Å². The number of methoxy groups -OCH3 is 1. The van der Waals surface area contributed by atoms with E-state index >= 15 is 0 Å². The molecule has 0 bridgehead atoms. The van der Waals surface area contributed by atoms with Crippen LogP contribution < -0.4 is 9.64 Å². The number of ether oxygens (including phenoxy) is 1. The summed E-state index contributed by atoms with van der Waals surface area (Å²) in [5.74, 6) is 0.570. The van der Waals surface area contributed by atoms with Crippen LogP contribution in [-0.2, 0) is 17.6 Å². The Balaban J connectivity index is 1.56. The van der Waals surface area contributed by atoms with Gasteiger partial charge in [-0.3, -0.25) is 19.5 Å². The molecule has 1 aliphatic carbocycles. The third-order valence-corrected chi connectivity index (χ3v) is 7.41. The quantitative estimate of drug-likeness (QED) is 0.540. The highest BCUT2D eigenvalue weighted by molar-refractivity contribution is 7.17. The molecule has 0 saturated carbocycles. The lowest BCUT2D eigenvalue weighted by molar-refractivity contribution is -0.117. The minimum absolute atomic E-state index is 0.0265. The van der Waals surface area contributed by atoms with Gasteiger partial charge in [0.25, 0.3) is 0 Å². The zero-order valence-electron chi connectivity index (χ0n) is 18.2. The molecule has 3 aromatic rings. The standard InChI is InChI=1S/C26H24N2O3S/c1-16-6-8-17(9-7-16)21(29)15-28-23(30)14-27-25(18-10-12-19(31-2)13-11-18)24-20-4-3-5-22(20)32-26(24)28/h6-13H,3-5,14-15H2,1-2H3. The van der Waals surface area contributed by atoms with Crippen LogP contribution in [0.15, 0.2) is 53.5 Å². The number of carbonyl (C=O) groups is 2. The number of rotatable bonds is 5. The Morgan fingerprint density at radius 1 is 1.09 bits per heavy atom. The molecule has 1 aliphatic heterocycles. The van der Waals surface area contributed by atoms with Crippen LogP contribution >= 0.6 is 11.3 Å². The number of anilines is 1. The summed E-state index contributed by atoms with van der Waals surface area (Å²) >= 11 is 1.64. The van der Waals surface area contributed by atoms with Crippen LogP contribution in [-0.4, -0.2) is 37.6 Å². The maximum absolute atomic E-state index is 13.2. The topological polar surface area (TPSA) is 59.0 Å². The highest BCUT2D eigenvalue weighted by Gasteiger charge is 2.34. The van der Waals surface area contributed by atoms with E-state index in [0.29, 0.717) is 5.56 Å². The lowest BCUT2D eigenvalue weighted by atomic mass is 9.99. The van der Waals surface area contributed by atoms with Gasteiger partial charge in [-0.2, -0.15) is 0 Å². The van der Waals surface area contributed by atoms with E-state index in [1.165, 1.54) is 10.4 Å². The summed E-state index contributed by atoms with van der Waals surface area (Å²) in [7, 11) is 1.64. The number of aryl methyl sites for hydroxylation is 2. The van der Waals surface area contributed by atoms with Crippen LogP contribution in [0.4, 0.5) is 5.00 Å². The van der Waals surface area contributed by atoms with E-state index in [9.17, 15) is 9.59 Å². The van der Waals surface area contributed by atoms with Crippen molar-refractivity contribution in [1.29, 1.82) is 0 Å². The normalized spacial score (nSPS) is 15.1. The molecule has 6 heteroatoms. The van der Waals surface area contributed by atoms with Crippen LogP contribution in [0.5, 0.6) is 5.75 Å². The maximum atomic E-state index is 13.2. The highest BCUT2D eigenvalue weighted by Crippen LogP contribution is 2.43. The van der Waals surface area contributed by atoms with E-state index in [2.05, 4.69) is 0 Å². The molecule has 1 amide bonds. The van der Waals surface area contributed by atoms with Gasteiger partial charge in [-0.05, 0) is 56.0 Å². The van der Waals surface area contributed by atoms with E-state index in [4.69, 9.17) is 9.73 Å². The van der Waals surface area contributed by atoms with Crippen molar-refractivity contribution in [2.45, 2.75) is 26.2 Å². The van der Waals surface area contributed by atoms with E-state index in [0.717, 1.165) is 52.4 Å². The molecule has 32 heavy (non-hydrogen) atoms. The Morgan fingerprint density at radius 3 is 2.56 bits per heavy atom. The van der Waals surface area contributed by atoms with Gasteiger partial charge < -0.3 is 4.74 Å². The Morgan fingerprint density at radius 2 is 1.84 bits per heavy atom. The van der Waals surface area contributed by atoms with Crippen molar-refractivity contribution >= 4 is 33.7 Å². The average molecular weight is 445 g/mol. The summed E-state index contributed by atoms with van der Waals surface area (Å²) < 4.78 is 5.30. The fraction of sp³-hybridized carbons (Fsp3) is 0.269. The van der Waals surface area contributed by atoms with Crippen molar-refractivity contribution in [2.24, 2.45) is 4.99 Å². The minimum Gasteiger partial charge on any atom is -0.497 e. The number of thiophene rings is 1. The van der Waals surface area contributed by atoms with Crippen molar-refractivity contribution in [1.82, 2.24) is 0 Å². The summed E-state index contributed by atoms with van der Waals surface area (Å²) in [6.45, 7) is 2.04. The second kappa shape index (κ2) is 8.36. The summed E-state index contributed by atoms with van der Waals surface area (Å²) in [4.78, 5) is 33.9. The average Bonchev–Trinajstić information content (AvgIpc) is 3.37. The number of ketones is 1. The molecule has 0 atom stereocenters. The second-order valence-electron chi connectivity index (χ2n) is 8.20. The molecule has 0 N–H and O–H groups in total. The number of benzene rings is 2. The first-order valence-corrected chi connectivity index (χ1v) is 11.6. The molecule has 2 aromatic carbocycles. The molecule has 5 nitrogen and oxygen atoms in total. The van der Waals surface area contributed by atoms with Crippen molar-refractivity contribution in [3.63, 3.8) is 0 Å². The van der Waals surface area contributed by atoms with Gasteiger partial charge in [0.05, 0.1) is 19.4 Å². The SMILES string of the molecule is COc1ccc(C2=NCC(=O)N(CC(=O)c3ccc(C)cc3)c3sc4c(c32)CCC4)cc1. The third-order valence-electron chi connectivity index (χ3n) is 6.10. The van der Waals surface area contributed by atoms with Gasteiger partial charge in [-0.1, -0.05) is 29.8 Å². The van der Waals surface area contributed by atoms with Crippen molar-refractivity contribution < 1.29 is 14.3 Å². The van der Waals surface area contributed by atoms with Gasteiger partial charge in [0.1, 0.15) is 17.3 Å². The number of amides is 1. The van der Waals surface area contributed by atoms with Crippen molar-refractivity contribution in [3.8, 4) is 5.75 Å². The summed E-state index contributed by atoms with van der Waals surface area (Å²) in [6.07, 6.45) is 3.10. The first-order chi connectivity index (χ1) is 15.5. The molecular weight excluding hydrogens is 420 g/mol. The Labute approximate surface area is 191 Å². The van der Waals surface area contributed by atoms with E-state index in [1.54, 1.807) is 23.3 Å². The molecule has 5 rings (SSSR count). The smallest absolute Gasteiger partial charge is 0.249 e. The first kappa shape index (κ1) is 20.6. The predicted molar refractivity (Wildman–Crippen MR) is 128 cm³/mol. The minimum atomic E-state index is -0.143. The van der Waals surface area contributed by atoms with Gasteiger partial charge in [-0.25, -0.2) is 0 Å². The monoisotopic (exact) mass is 444 g/mol. The largest absolute Gasteiger partial charge is 0.497 e. The summed E-state index contributed by atoms with van der Waals surface area (Å²) in [5, 5.41) is 0.854. The highest BCUT2D eigenvalue weighted by atomic mass is 32.1. The molecule has 2 aliphatic rings. The molecule has 0 unspecified atom stereocenters. The molecule has 2 heterocycles. The first-order valence-electron chi connectivity index (χ1n) is 10.8. The summed E-state index contributed by atoms with van der Waals surface area (Å²) in [5.41, 5.74) is 5.81. The number of carbonyl (C=O) groups excluding carboxylic acids is 2. The van der Waals surface area contributed by atoms with Crippen molar-refractivity contribution in [2.75, 3.05) is 25.1 Å². The Bertz CT molecular complexity index is 1220. The van der Waals surface area contributed by atoms with E-state index in [1.807, 2.05) is 55.5 Å². The molecule has 1 aromatic heterocycles. The van der Waals surface area contributed by atoms with Gasteiger partial charge in [0.15, 0.2) is 5.78 Å². The molecule has 0 saturated heterocycles. The fourth-order valence-electron chi connectivity index (χ4n) is 4.37. The van der Waals surface area contributed by atoms with Gasteiger partial charge in [0.2, 0.25) is 5.91 Å². The maximum Gasteiger partial charge on any atom is 0.249 e. The second-order valence-corrected chi connectivity index (χ2v) is 9.28. The lowest BCUT2D eigenvalue weighted by Crippen LogP contribution is -2.36. The van der Waals surface area contributed by atoms with Crippen LogP contribution in [0.2, 0.25) is 0 Å². The zero-order valence-corrected chi connectivity index (χ0v) is 19.0. The van der Waals surface area contributed by atoms with Gasteiger partial charge in [0, 0.05) is 21.6 Å². The molecule has 0 radical (unpaired) electrons. The van der Waals surface area contributed by atoms with E-state index < -0.39 is 0 Å². The van der Waals surface area contributed by atoms with Crippen LogP contribution in [0, 0.1) is 6.92 Å². The number of hydrogen-bond acceptors (Lipinski definition) is 5. The lowest BCUT2D eigenvalue weighted by Gasteiger charge is -2.20.